The zero-order valence-corrected chi connectivity index (χ0v) is 11.8. The third-order valence-corrected chi connectivity index (χ3v) is 4.31. The van der Waals surface area contributed by atoms with Gasteiger partial charge in [-0.2, -0.15) is 0 Å². The van der Waals surface area contributed by atoms with Crippen molar-refractivity contribution in [1.29, 1.82) is 0 Å². The first-order valence-electron chi connectivity index (χ1n) is 7.18. The van der Waals surface area contributed by atoms with Gasteiger partial charge in [0.25, 0.3) is 0 Å². The predicted octanol–water partition coefficient (Wildman–Crippen LogP) is 1.87. The third kappa shape index (κ3) is 3.21. The highest BCUT2D eigenvalue weighted by atomic mass is 16.5. The molecule has 3 heteroatoms. The van der Waals surface area contributed by atoms with Gasteiger partial charge < -0.3 is 10.1 Å². The van der Waals surface area contributed by atoms with E-state index in [1.807, 2.05) is 0 Å². The molecule has 2 aliphatic rings. The summed E-state index contributed by atoms with van der Waals surface area (Å²) in [6.45, 7) is 12.4. The molecule has 0 saturated carbocycles. The van der Waals surface area contributed by atoms with Crippen LogP contribution in [0.3, 0.4) is 0 Å². The van der Waals surface area contributed by atoms with E-state index in [0.29, 0.717) is 24.1 Å². The second-order valence-corrected chi connectivity index (χ2v) is 6.19. The maximum absolute atomic E-state index is 5.88. The highest BCUT2D eigenvalue weighted by Crippen LogP contribution is 2.26. The lowest BCUT2D eigenvalue weighted by Gasteiger charge is -2.45. The molecule has 0 aromatic carbocycles. The van der Waals surface area contributed by atoms with Crippen molar-refractivity contribution in [2.24, 2.45) is 5.92 Å². The summed E-state index contributed by atoms with van der Waals surface area (Å²) >= 11 is 0. The average Bonchev–Trinajstić information content (AvgIpc) is 2.32. The normalized spacial score (nSPS) is 40.8. The van der Waals surface area contributed by atoms with Crippen LogP contribution in [0.25, 0.3) is 0 Å². The monoisotopic (exact) mass is 240 g/mol. The molecular formula is C14H28N2O. The summed E-state index contributed by atoms with van der Waals surface area (Å²) in [7, 11) is 0. The third-order valence-electron chi connectivity index (χ3n) is 4.31. The molecular weight excluding hydrogens is 212 g/mol. The van der Waals surface area contributed by atoms with Gasteiger partial charge in [0.15, 0.2) is 0 Å². The molecule has 0 aromatic heterocycles. The number of piperazine rings is 1. The molecule has 2 saturated heterocycles. The lowest BCUT2D eigenvalue weighted by molar-refractivity contribution is -0.0605. The first-order chi connectivity index (χ1) is 8.08. The van der Waals surface area contributed by atoms with E-state index in [2.05, 4.69) is 37.9 Å². The van der Waals surface area contributed by atoms with Crippen molar-refractivity contribution in [2.75, 3.05) is 19.7 Å². The van der Waals surface area contributed by atoms with Gasteiger partial charge in [-0.1, -0.05) is 13.8 Å². The smallest absolute Gasteiger partial charge is 0.0612 e. The zero-order chi connectivity index (χ0) is 12.4. The van der Waals surface area contributed by atoms with Crippen molar-refractivity contribution in [3.05, 3.63) is 0 Å². The van der Waals surface area contributed by atoms with Crippen LogP contribution in [0.5, 0.6) is 0 Å². The molecule has 0 aromatic rings. The molecule has 0 radical (unpaired) electrons. The van der Waals surface area contributed by atoms with Gasteiger partial charge in [-0.05, 0) is 32.6 Å². The summed E-state index contributed by atoms with van der Waals surface area (Å²) in [6, 6.07) is 2.03. The average molecular weight is 240 g/mol. The maximum Gasteiger partial charge on any atom is 0.0612 e. The Balaban J connectivity index is 1.95. The summed E-state index contributed by atoms with van der Waals surface area (Å²) in [6.07, 6.45) is 2.89. The minimum Gasteiger partial charge on any atom is -0.378 e. The lowest BCUT2D eigenvalue weighted by Crippen LogP contribution is -2.59. The minimum atomic E-state index is 0.464. The highest BCUT2D eigenvalue weighted by molar-refractivity contribution is 4.89. The van der Waals surface area contributed by atoms with Crippen LogP contribution in [-0.4, -0.2) is 48.8 Å². The van der Waals surface area contributed by atoms with Crippen LogP contribution in [0.1, 0.15) is 40.5 Å². The van der Waals surface area contributed by atoms with E-state index >= 15 is 0 Å². The fraction of sp³-hybridized carbons (Fsp3) is 1.00. The minimum absolute atomic E-state index is 0.464. The van der Waals surface area contributed by atoms with Gasteiger partial charge in [-0.25, -0.2) is 0 Å². The predicted molar refractivity (Wildman–Crippen MR) is 71.2 cm³/mol. The molecule has 0 spiro atoms. The summed E-state index contributed by atoms with van der Waals surface area (Å²) in [5, 5.41) is 3.56. The van der Waals surface area contributed by atoms with E-state index in [0.717, 1.165) is 19.2 Å². The number of ether oxygens (including phenoxy) is 1. The fourth-order valence-corrected chi connectivity index (χ4v) is 3.13. The van der Waals surface area contributed by atoms with E-state index in [9.17, 15) is 0 Å². The van der Waals surface area contributed by atoms with E-state index in [1.54, 1.807) is 0 Å². The van der Waals surface area contributed by atoms with E-state index in [4.69, 9.17) is 4.74 Å². The van der Waals surface area contributed by atoms with E-state index in [-0.39, 0.29) is 0 Å². The molecule has 2 heterocycles. The Labute approximate surface area is 106 Å². The molecule has 17 heavy (non-hydrogen) atoms. The zero-order valence-electron chi connectivity index (χ0n) is 11.8. The molecule has 0 amide bonds. The molecule has 4 unspecified atom stereocenters. The van der Waals surface area contributed by atoms with Crippen molar-refractivity contribution in [3.63, 3.8) is 0 Å². The molecule has 0 aliphatic carbocycles. The second kappa shape index (κ2) is 5.68. The van der Waals surface area contributed by atoms with Crippen molar-refractivity contribution in [3.8, 4) is 0 Å². The number of hydrogen-bond donors (Lipinski definition) is 1. The van der Waals surface area contributed by atoms with Crippen LogP contribution < -0.4 is 5.32 Å². The van der Waals surface area contributed by atoms with Crippen LogP contribution in [0.4, 0.5) is 0 Å². The van der Waals surface area contributed by atoms with Crippen LogP contribution >= 0.6 is 0 Å². The number of nitrogens with zero attached hydrogens (tertiary/aromatic N) is 1. The Bertz CT molecular complexity index is 244. The Kier molecular flexibility index (Phi) is 4.45. The first kappa shape index (κ1) is 13.3. The van der Waals surface area contributed by atoms with Crippen molar-refractivity contribution in [1.82, 2.24) is 10.2 Å². The van der Waals surface area contributed by atoms with Crippen molar-refractivity contribution >= 4 is 0 Å². The van der Waals surface area contributed by atoms with Crippen LogP contribution in [0.15, 0.2) is 0 Å². The first-order valence-corrected chi connectivity index (χ1v) is 7.18. The molecule has 4 atom stereocenters. The van der Waals surface area contributed by atoms with Crippen molar-refractivity contribution in [2.45, 2.75) is 64.8 Å². The molecule has 2 fully saturated rings. The number of hydrogen-bond acceptors (Lipinski definition) is 3. The topological polar surface area (TPSA) is 24.5 Å². The van der Waals surface area contributed by atoms with Gasteiger partial charge in [0.05, 0.1) is 6.10 Å². The van der Waals surface area contributed by atoms with Crippen molar-refractivity contribution < 1.29 is 4.74 Å². The second-order valence-electron chi connectivity index (χ2n) is 6.19. The quantitative estimate of drug-likeness (QED) is 0.797. The van der Waals surface area contributed by atoms with Gasteiger partial charge in [0.1, 0.15) is 0 Å². The van der Waals surface area contributed by atoms with Crippen LogP contribution in [-0.2, 0) is 4.74 Å². The summed E-state index contributed by atoms with van der Waals surface area (Å²) in [5.74, 6) is 0.647. The standard InChI is InChI=1S/C14H28N2O/c1-10(2)14-7-13(5-6-17-14)16-9-11(3)15-8-12(16)4/h10-15H,5-9H2,1-4H3. The molecule has 1 N–H and O–H groups in total. The van der Waals surface area contributed by atoms with E-state index < -0.39 is 0 Å². The fourth-order valence-electron chi connectivity index (χ4n) is 3.13. The maximum atomic E-state index is 5.88. The summed E-state index contributed by atoms with van der Waals surface area (Å²) in [5.41, 5.74) is 0. The molecule has 3 nitrogen and oxygen atoms in total. The summed E-state index contributed by atoms with van der Waals surface area (Å²) in [4.78, 5) is 2.71. The summed E-state index contributed by atoms with van der Waals surface area (Å²) < 4.78 is 5.88. The van der Waals surface area contributed by atoms with Gasteiger partial charge in [-0.3, -0.25) is 4.90 Å². The Morgan fingerprint density at radius 2 is 2.06 bits per heavy atom. The SMILES string of the molecule is CC1CN(C2CCOC(C(C)C)C2)C(C)CN1. The largest absolute Gasteiger partial charge is 0.378 e. The molecule has 2 rings (SSSR count). The highest BCUT2D eigenvalue weighted by Gasteiger charge is 2.33. The van der Waals surface area contributed by atoms with E-state index in [1.165, 1.54) is 19.4 Å². The van der Waals surface area contributed by atoms with Crippen LogP contribution in [0.2, 0.25) is 0 Å². The Morgan fingerprint density at radius 1 is 1.29 bits per heavy atom. The number of nitrogens with one attached hydrogen (secondary N) is 1. The Hall–Kier alpha value is -0.120. The molecule has 0 bridgehead atoms. The Morgan fingerprint density at radius 3 is 2.76 bits per heavy atom. The van der Waals surface area contributed by atoms with Gasteiger partial charge in [0.2, 0.25) is 0 Å². The van der Waals surface area contributed by atoms with Gasteiger partial charge in [-0.15, -0.1) is 0 Å². The van der Waals surface area contributed by atoms with Crippen LogP contribution in [0, 0.1) is 5.92 Å². The number of rotatable bonds is 2. The lowest BCUT2D eigenvalue weighted by atomic mass is 9.92. The molecule has 100 valence electrons. The van der Waals surface area contributed by atoms with Gasteiger partial charge >= 0.3 is 0 Å². The molecule has 2 aliphatic heterocycles. The van der Waals surface area contributed by atoms with Gasteiger partial charge in [0, 0.05) is 37.8 Å².